The molecule has 172 valence electrons. The Morgan fingerprint density at radius 3 is 1.42 bits per heavy atom. The first-order valence-corrected chi connectivity index (χ1v) is 12.7. The fraction of sp³-hybridized carbons (Fsp3) is 0.500. The van der Waals surface area contributed by atoms with Gasteiger partial charge in [0.25, 0.3) is 0 Å². The molecule has 0 amide bonds. The first kappa shape index (κ1) is 21.4. The fourth-order valence-corrected chi connectivity index (χ4v) is 7.01. The Morgan fingerprint density at radius 1 is 0.667 bits per heavy atom. The van der Waals surface area contributed by atoms with Gasteiger partial charge in [-0.05, 0) is 68.3 Å². The second-order valence-corrected chi connectivity index (χ2v) is 13.2. The molecule has 1 nitrogen and oxygen atoms in total. The zero-order valence-electron chi connectivity index (χ0n) is 21.6. The van der Waals surface area contributed by atoms with E-state index in [1.807, 2.05) is 0 Å². The summed E-state index contributed by atoms with van der Waals surface area (Å²) in [5.74, 6) is 0. The van der Waals surface area contributed by atoms with Crippen molar-refractivity contribution in [3.8, 4) is 0 Å². The summed E-state index contributed by atoms with van der Waals surface area (Å²) in [6.45, 7) is 19.0. The Balaban J connectivity index is 1.76. The van der Waals surface area contributed by atoms with Crippen molar-refractivity contribution in [3.63, 3.8) is 0 Å². The van der Waals surface area contributed by atoms with E-state index in [-0.39, 0.29) is 33.9 Å². The molecule has 1 heteroatoms. The van der Waals surface area contributed by atoms with E-state index in [2.05, 4.69) is 104 Å². The average molecular weight is 439 g/mol. The number of hydrogen-bond acceptors (Lipinski definition) is 1. The maximum atomic E-state index is 6.79. The highest BCUT2D eigenvalue weighted by atomic mass is 16.5. The molecule has 1 saturated heterocycles. The molecule has 2 unspecified atom stereocenters. The molecule has 1 fully saturated rings. The Labute approximate surface area is 200 Å². The second kappa shape index (κ2) is 6.30. The number of fused-ring (bicyclic) bond motifs is 5. The van der Waals surface area contributed by atoms with Crippen molar-refractivity contribution < 1.29 is 4.74 Å². The molecular weight excluding hydrogens is 400 g/mol. The van der Waals surface area contributed by atoms with Gasteiger partial charge in [0, 0.05) is 10.8 Å². The van der Waals surface area contributed by atoms with E-state index >= 15 is 0 Å². The standard InChI is InChI=1S/C32H38O/c1-29(2,3)21-15-19-13-14-20-16-22(30(4,5)6)18-24-28-26-12-10-9-11-25(33-26)27(28)23(17-21)31(19,7)32(20,24)8/h9-10,13-18,25-26H,11-12H2,1-8H3/t25?,26?,31-,32-/m1/s1. The molecule has 6 rings (SSSR count). The lowest BCUT2D eigenvalue weighted by atomic mass is 9.43. The summed E-state index contributed by atoms with van der Waals surface area (Å²) in [7, 11) is 0. The monoisotopic (exact) mass is 438 g/mol. The molecule has 0 aromatic rings. The third-order valence-electron chi connectivity index (χ3n) is 9.34. The summed E-state index contributed by atoms with van der Waals surface area (Å²) in [5, 5.41) is 0. The maximum absolute atomic E-state index is 6.79. The molecule has 0 spiro atoms. The molecule has 33 heavy (non-hydrogen) atoms. The maximum Gasteiger partial charge on any atom is 0.0874 e. The summed E-state index contributed by atoms with van der Waals surface area (Å²) >= 11 is 0. The molecule has 2 heterocycles. The van der Waals surface area contributed by atoms with Gasteiger partial charge < -0.3 is 4.74 Å². The number of hydrogen-bond donors (Lipinski definition) is 0. The van der Waals surface area contributed by atoms with E-state index < -0.39 is 0 Å². The average Bonchev–Trinajstić information content (AvgIpc) is 2.88. The summed E-state index contributed by atoms with van der Waals surface area (Å²) in [6, 6.07) is 0. The van der Waals surface area contributed by atoms with Gasteiger partial charge in [-0.2, -0.15) is 0 Å². The molecule has 0 radical (unpaired) electrons. The van der Waals surface area contributed by atoms with Gasteiger partial charge in [-0.3, -0.25) is 0 Å². The van der Waals surface area contributed by atoms with Crippen molar-refractivity contribution in [1.29, 1.82) is 0 Å². The van der Waals surface area contributed by atoms with Crippen LogP contribution < -0.4 is 0 Å². The first-order chi connectivity index (χ1) is 15.4. The molecule has 0 aromatic carbocycles. The normalized spacial score (nSPS) is 36.6. The van der Waals surface area contributed by atoms with Crippen LogP contribution in [0, 0.1) is 21.7 Å². The van der Waals surface area contributed by atoms with E-state index in [9.17, 15) is 0 Å². The Hall–Kier alpha value is -2.12. The lowest BCUT2D eigenvalue weighted by Gasteiger charge is -2.59. The zero-order valence-corrected chi connectivity index (χ0v) is 21.6. The van der Waals surface area contributed by atoms with Gasteiger partial charge in [-0.1, -0.05) is 104 Å². The van der Waals surface area contributed by atoms with Crippen LogP contribution in [-0.4, -0.2) is 12.2 Å². The van der Waals surface area contributed by atoms with Crippen LogP contribution in [0.25, 0.3) is 0 Å². The molecule has 2 bridgehead atoms. The quantitative estimate of drug-likeness (QED) is 0.347. The Morgan fingerprint density at radius 2 is 1.06 bits per heavy atom. The molecular formula is C32H38O. The van der Waals surface area contributed by atoms with Gasteiger partial charge in [0.05, 0.1) is 12.2 Å². The van der Waals surface area contributed by atoms with Crippen LogP contribution in [0.4, 0.5) is 0 Å². The van der Waals surface area contributed by atoms with Crippen molar-refractivity contribution in [1.82, 2.24) is 0 Å². The minimum absolute atomic E-state index is 0.0875. The van der Waals surface area contributed by atoms with Crippen LogP contribution in [0.5, 0.6) is 0 Å². The molecule has 0 saturated carbocycles. The van der Waals surface area contributed by atoms with Gasteiger partial charge >= 0.3 is 0 Å². The highest BCUT2D eigenvalue weighted by Crippen LogP contribution is 2.70. The van der Waals surface area contributed by atoms with Crippen LogP contribution in [-0.2, 0) is 4.74 Å². The highest BCUT2D eigenvalue weighted by Gasteiger charge is 2.61. The van der Waals surface area contributed by atoms with E-state index in [1.54, 1.807) is 0 Å². The molecule has 6 aliphatic rings. The fourth-order valence-electron chi connectivity index (χ4n) is 7.01. The minimum atomic E-state index is -0.0875. The first-order valence-electron chi connectivity index (χ1n) is 12.7. The van der Waals surface area contributed by atoms with Crippen molar-refractivity contribution in [2.24, 2.45) is 21.7 Å². The van der Waals surface area contributed by atoms with Crippen molar-refractivity contribution in [2.75, 3.05) is 0 Å². The largest absolute Gasteiger partial charge is 0.365 e. The molecule has 0 N–H and O–H groups in total. The van der Waals surface area contributed by atoms with Gasteiger partial charge in [-0.25, -0.2) is 0 Å². The number of rotatable bonds is 0. The van der Waals surface area contributed by atoms with Crippen LogP contribution in [0.1, 0.15) is 68.2 Å². The molecule has 2 aliphatic heterocycles. The lowest BCUT2D eigenvalue weighted by Crippen LogP contribution is -2.50. The van der Waals surface area contributed by atoms with Crippen LogP contribution in [0.2, 0.25) is 0 Å². The predicted molar refractivity (Wildman–Crippen MR) is 138 cm³/mol. The highest BCUT2D eigenvalue weighted by molar-refractivity contribution is 5.74. The predicted octanol–water partition coefficient (Wildman–Crippen LogP) is 8.12. The van der Waals surface area contributed by atoms with Crippen LogP contribution in [0.3, 0.4) is 0 Å². The number of ether oxygens (including phenoxy) is 1. The molecule has 4 aliphatic carbocycles. The van der Waals surface area contributed by atoms with Gasteiger partial charge in [0.1, 0.15) is 0 Å². The molecule has 4 atom stereocenters. The van der Waals surface area contributed by atoms with Gasteiger partial charge in [0.2, 0.25) is 0 Å². The third-order valence-corrected chi connectivity index (χ3v) is 9.34. The van der Waals surface area contributed by atoms with Crippen molar-refractivity contribution in [2.45, 2.75) is 80.4 Å². The number of allylic oxidation sites excluding steroid dienone is 12. The third kappa shape index (κ3) is 2.58. The second-order valence-electron chi connectivity index (χ2n) is 13.2. The van der Waals surface area contributed by atoms with Crippen LogP contribution >= 0.6 is 0 Å². The lowest BCUT2D eigenvalue weighted by molar-refractivity contribution is 0.0707. The minimum Gasteiger partial charge on any atom is -0.365 e. The summed E-state index contributed by atoms with van der Waals surface area (Å²) in [6.07, 6.45) is 21.9. The smallest absolute Gasteiger partial charge is 0.0874 e. The van der Waals surface area contributed by atoms with Gasteiger partial charge in [0.15, 0.2) is 0 Å². The van der Waals surface area contributed by atoms with E-state index in [0.29, 0.717) is 0 Å². The van der Waals surface area contributed by atoms with Crippen molar-refractivity contribution >= 4 is 0 Å². The SMILES string of the molecule is CC(C)(C)C1=CC2=C3C(=C4C=C(C(C)(C)C)C=C5C=CC(=C1)[C@@]2(C)[C@]54C)C1CC=CCC3O1. The molecule has 0 aromatic heterocycles. The van der Waals surface area contributed by atoms with Gasteiger partial charge in [-0.15, -0.1) is 0 Å². The van der Waals surface area contributed by atoms with E-state index in [4.69, 9.17) is 4.74 Å². The Kier molecular flexibility index (Phi) is 4.09. The summed E-state index contributed by atoms with van der Waals surface area (Å²) in [4.78, 5) is 0. The van der Waals surface area contributed by atoms with Crippen molar-refractivity contribution in [3.05, 3.63) is 93.2 Å². The van der Waals surface area contributed by atoms with E-state index in [1.165, 1.54) is 44.6 Å². The summed E-state index contributed by atoms with van der Waals surface area (Å²) in [5.41, 5.74) is 11.8. The topological polar surface area (TPSA) is 9.23 Å². The van der Waals surface area contributed by atoms with Crippen LogP contribution in [0.15, 0.2) is 93.2 Å². The zero-order chi connectivity index (χ0) is 23.6. The Bertz CT molecular complexity index is 1130. The van der Waals surface area contributed by atoms with E-state index in [0.717, 1.165) is 12.8 Å². The summed E-state index contributed by atoms with van der Waals surface area (Å²) < 4.78 is 6.79.